The highest BCUT2D eigenvalue weighted by Gasteiger charge is 1.56. The molecule has 1 nitrogen and oxygen atoms in total. The van der Waals surface area contributed by atoms with E-state index in [0.717, 1.165) is 6.61 Å². The van der Waals surface area contributed by atoms with Crippen molar-refractivity contribution < 1.29 is 4.74 Å². The largest absolute Gasteiger partial charge is 0.385 e. The lowest BCUT2D eigenvalue weighted by molar-refractivity contribution is 0.215. The molecule has 0 N–H and O–H groups in total. The van der Waals surface area contributed by atoms with Crippen LogP contribution in [0, 0.1) is 0 Å². The molecule has 0 heterocycles. The Morgan fingerprint density at radius 3 is 1.62 bits per heavy atom. The van der Waals surface area contributed by atoms with E-state index in [1.807, 2.05) is 6.92 Å². The minimum Gasteiger partial charge on any atom is -0.385 e. The van der Waals surface area contributed by atoms with E-state index < -0.39 is 0 Å². The van der Waals surface area contributed by atoms with E-state index >= 15 is 0 Å². The molecule has 0 aliphatic carbocycles. The number of hydrogen-bond acceptors (Lipinski definition) is 1. The Balaban J connectivity index is 0. The van der Waals surface area contributed by atoms with Crippen LogP contribution in [-0.4, -0.2) is 19.9 Å². The van der Waals surface area contributed by atoms with Crippen LogP contribution < -0.4 is 0 Å². The SMILES string of the molecule is CCCP.CCOC. The molecule has 0 aliphatic heterocycles. The van der Waals surface area contributed by atoms with Gasteiger partial charge < -0.3 is 4.74 Å². The maximum Gasteiger partial charge on any atom is 0.0433 e. The van der Waals surface area contributed by atoms with Crippen LogP contribution in [0.3, 0.4) is 0 Å². The van der Waals surface area contributed by atoms with Gasteiger partial charge in [0.1, 0.15) is 0 Å². The van der Waals surface area contributed by atoms with Gasteiger partial charge in [-0.3, -0.25) is 0 Å². The summed E-state index contributed by atoms with van der Waals surface area (Å²) in [4.78, 5) is 0. The molecule has 0 aromatic heterocycles. The van der Waals surface area contributed by atoms with Crippen molar-refractivity contribution in [1.82, 2.24) is 0 Å². The third kappa shape index (κ3) is 32.5. The summed E-state index contributed by atoms with van der Waals surface area (Å²) < 4.78 is 4.54. The second kappa shape index (κ2) is 15.7. The second-order valence-electron chi connectivity index (χ2n) is 1.37. The number of ether oxygens (including phenoxy) is 1. The zero-order valence-electron chi connectivity index (χ0n) is 6.11. The molecule has 0 radical (unpaired) electrons. The van der Waals surface area contributed by atoms with E-state index in [0.29, 0.717) is 0 Å². The Bertz CT molecular complexity index is 16.5. The summed E-state index contributed by atoms with van der Waals surface area (Å²) >= 11 is 0. The monoisotopic (exact) mass is 136 g/mol. The first-order valence-electron chi connectivity index (χ1n) is 3.02. The summed E-state index contributed by atoms with van der Waals surface area (Å²) in [6, 6.07) is 0. The third-order valence-electron chi connectivity index (χ3n) is 0.577. The van der Waals surface area contributed by atoms with Crippen molar-refractivity contribution in [2.45, 2.75) is 20.3 Å². The van der Waals surface area contributed by atoms with Crippen molar-refractivity contribution >= 4 is 9.24 Å². The van der Waals surface area contributed by atoms with Gasteiger partial charge in [0.2, 0.25) is 0 Å². The Morgan fingerprint density at radius 2 is 1.62 bits per heavy atom. The van der Waals surface area contributed by atoms with Gasteiger partial charge in [-0.1, -0.05) is 13.3 Å². The second-order valence-corrected chi connectivity index (χ2v) is 1.94. The van der Waals surface area contributed by atoms with Crippen LogP contribution in [0.25, 0.3) is 0 Å². The number of rotatable bonds is 2. The molecular weight excluding hydrogens is 119 g/mol. The van der Waals surface area contributed by atoms with Crippen LogP contribution >= 0.6 is 9.24 Å². The molecule has 1 atom stereocenters. The smallest absolute Gasteiger partial charge is 0.0433 e. The lowest BCUT2D eigenvalue weighted by Gasteiger charge is -1.76. The molecule has 0 bridgehead atoms. The Labute approximate surface area is 55.0 Å². The molecule has 0 aromatic rings. The summed E-state index contributed by atoms with van der Waals surface area (Å²) in [7, 11) is 4.34. The average molecular weight is 136 g/mol. The first-order valence-corrected chi connectivity index (χ1v) is 3.84. The molecule has 0 aliphatic rings. The summed E-state index contributed by atoms with van der Waals surface area (Å²) in [5.41, 5.74) is 0. The van der Waals surface area contributed by atoms with E-state index in [2.05, 4.69) is 20.9 Å². The first kappa shape index (κ1) is 11.2. The quantitative estimate of drug-likeness (QED) is 0.527. The zero-order chi connectivity index (χ0) is 6.83. The summed E-state index contributed by atoms with van der Waals surface area (Å²) in [6.07, 6.45) is 2.52. The number of methoxy groups -OCH3 is 1. The summed E-state index contributed by atoms with van der Waals surface area (Å²) in [6.45, 7) is 4.94. The van der Waals surface area contributed by atoms with Crippen LogP contribution in [-0.2, 0) is 4.74 Å². The summed E-state index contributed by atoms with van der Waals surface area (Å²) in [5.74, 6) is 0. The average Bonchev–Trinajstić information content (AvgIpc) is 1.88. The molecule has 0 spiro atoms. The molecule has 2 heteroatoms. The van der Waals surface area contributed by atoms with E-state index in [1.165, 1.54) is 12.6 Å². The van der Waals surface area contributed by atoms with E-state index in [-0.39, 0.29) is 0 Å². The van der Waals surface area contributed by atoms with Crippen molar-refractivity contribution in [3.63, 3.8) is 0 Å². The molecule has 1 unspecified atom stereocenters. The van der Waals surface area contributed by atoms with Crippen molar-refractivity contribution in [1.29, 1.82) is 0 Å². The van der Waals surface area contributed by atoms with Gasteiger partial charge in [-0.05, 0) is 13.1 Å². The van der Waals surface area contributed by atoms with Gasteiger partial charge in [0.15, 0.2) is 0 Å². The normalized spacial score (nSPS) is 7.50. The van der Waals surface area contributed by atoms with Gasteiger partial charge in [-0.15, -0.1) is 9.24 Å². The maximum atomic E-state index is 4.54. The van der Waals surface area contributed by atoms with Crippen molar-refractivity contribution in [3.05, 3.63) is 0 Å². The fraction of sp³-hybridized carbons (Fsp3) is 1.00. The highest BCUT2D eigenvalue weighted by atomic mass is 31.0. The van der Waals surface area contributed by atoms with Gasteiger partial charge in [0.05, 0.1) is 0 Å². The topological polar surface area (TPSA) is 9.23 Å². The van der Waals surface area contributed by atoms with Crippen molar-refractivity contribution in [3.8, 4) is 0 Å². The molecule has 0 saturated carbocycles. The van der Waals surface area contributed by atoms with Crippen LogP contribution in [0.2, 0.25) is 0 Å². The van der Waals surface area contributed by atoms with Gasteiger partial charge >= 0.3 is 0 Å². The molecule has 8 heavy (non-hydrogen) atoms. The predicted octanol–water partition coefficient (Wildman–Crippen LogP) is 1.92. The van der Waals surface area contributed by atoms with Gasteiger partial charge in [0.25, 0.3) is 0 Å². The minimum absolute atomic E-state index is 0.819. The molecular formula is C6H17OP. The zero-order valence-corrected chi connectivity index (χ0v) is 7.26. The summed E-state index contributed by atoms with van der Waals surface area (Å²) in [5, 5.41) is 0. The van der Waals surface area contributed by atoms with Crippen LogP contribution in [0.1, 0.15) is 20.3 Å². The fourth-order valence-corrected chi connectivity index (χ4v) is 0. The van der Waals surface area contributed by atoms with Crippen molar-refractivity contribution in [2.24, 2.45) is 0 Å². The molecule has 0 aromatic carbocycles. The Hall–Kier alpha value is 0.390. The van der Waals surface area contributed by atoms with Gasteiger partial charge in [-0.25, -0.2) is 0 Å². The molecule has 0 amide bonds. The molecule has 0 fully saturated rings. The van der Waals surface area contributed by atoms with Crippen molar-refractivity contribution in [2.75, 3.05) is 19.9 Å². The van der Waals surface area contributed by atoms with Crippen LogP contribution in [0.15, 0.2) is 0 Å². The Morgan fingerprint density at radius 1 is 1.38 bits per heavy atom. The van der Waals surface area contributed by atoms with Crippen LogP contribution in [0.5, 0.6) is 0 Å². The van der Waals surface area contributed by atoms with Gasteiger partial charge in [-0.2, -0.15) is 0 Å². The van der Waals surface area contributed by atoms with E-state index in [9.17, 15) is 0 Å². The minimum atomic E-state index is 0.819. The van der Waals surface area contributed by atoms with Gasteiger partial charge in [0, 0.05) is 13.7 Å². The lowest BCUT2D eigenvalue weighted by atomic mass is 10.6. The molecule has 0 saturated heterocycles. The molecule has 0 rings (SSSR count). The maximum absolute atomic E-state index is 4.54. The van der Waals surface area contributed by atoms with E-state index in [1.54, 1.807) is 7.11 Å². The highest BCUT2D eigenvalue weighted by Crippen LogP contribution is 1.81. The fourth-order valence-electron chi connectivity index (χ4n) is 0. The third-order valence-corrected chi connectivity index (χ3v) is 1.15. The van der Waals surface area contributed by atoms with E-state index in [4.69, 9.17) is 0 Å². The van der Waals surface area contributed by atoms with Crippen LogP contribution in [0.4, 0.5) is 0 Å². The predicted molar refractivity (Wildman–Crippen MR) is 42.4 cm³/mol. The standard InChI is InChI=1S/C3H8O.C3H9P/c1-3-4-2;1-2-3-4/h3H2,1-2H3;2-4H2,1H3. The highest BCUT2D eigenvalue weighted by molar-refractivity contribution is 7.16. The number of hydrogen-bond donors (Lipinski definition) is 0. The lowest BCUT2D eigenvalue weighted by Crippen LogP contribution is -1.73. The molecule has 52 valence electrons. The first-order chi connectivity index (χ1) is 3.83. The Kier molecular flexibility index (Phi) is 22.0.